The van der Waals surface area contributed by atoms with E-state index in [0.29, 0.717) is 11.3 Å². The first-order valence-corrected chi connectivity index (χ1v) is 6.01. The van der Waals surface area contributed by atoms with Crippen molar-refractivity contribution >= 4 is 17.3 Å². The predicted octanol–water partition coefficient (Wildman–Crippen LogP) is 3.15. The van der Waals surface area contributed by atoms with E-state index in [1.54, 1.807) is 31.3 Å². The zero-order valence-electron chi connectivity index (χ0n) is 11.1. The van der Waals surface area contributed by atoms with Crippen LogP contribution in [0.4, 0.5) is 24.7 Å². The number of anilines is 2. The van der Waals surface area contributed by atoms with Crippen LogP contribution in [0.3, 0.4) is 0 Å². The third-order valence-corrected chi connectivity index (χ3v) is 2.91. The van der Waals surface area contributed by atoms with Gasteiger partial charge in [-0.25, -0.2) is 4.98 Å². The minimum absolute atomic E-state index is 0.109. The summed E-state index contributed by atoms with van der Waals surface area (Å²) in [6.07, 6.45) is -4.49. The predicted molar refractivity (Wildman–Crippen MR) is 74.8 cm³/mol. The molecular weight excluding hydrogens is 281 g/mol. The van der Waals surface area contributed by atoms with Crippen molar-refractivity contribution < 1.29 is 13.2 Å². The Labute approximate surface area is 119 Å². The van der Waals surface area contributed by atoms with Crippen molar-refractivity contribution in [2.45, 2.75) is 6.18 Å². The van der Waals surface area contributed by atoms with Gasteiger partial charge in [0.2, 0.25) is 0 Å². The van der Waals surface area contributed by atoms with E-state index in [-0.39, 0.29) is 11.7 Å². The van der Waals surface area contributed by atoms with E-state index in [9.17, 15) is 13.2 Å². The van der Waals surface area contributed by atoms with Gasteiger partial charge in [0.05, 0.1) is 0 Å². The largest absolute Gasteiger partial charge is 0.433 e. The number of rotatable bonds is 3. The second-order valence-corrected chi connectivity index (χ2v) is 4.40. The molecule has 0 aliphatic carbocycles. The monoisotopic (exact) mass is 294 g/mol. The first kappa shape index (κ1) is 14.8. The fourth-order valence-electron chi connectivity index (χ4n) is 1.78. The Morgan fingerprint density at radius 3 is 2.48 bits per heavy atom. The van der Waals surface area contributed by atoms with E-state index >= 15 is 0 Å². The Bertz CT molecular complexity index is 667. The molecule has 3 N–H and O–H groups in total. The fourth-order valence-corrected chi connectivity index (χ4v) is 1.78. The van der Waals surface area contributed by atoms with Gasteiger partial charge >= 0.3 is 6.18 Å². The van der Waals surface area contributed by atoms with Gasteiger partial charge < -0.3 is 10.6 Å². The van der Waals surface area contributed by atoms with E-state index in [2.05, 4.69) is 4.98 Å². The molecule has 1 aromatic carbocycles. The van der Waals surface area contributed by atoms with Crippen LogP contribution in [0.15, 0.2) is 42.5 Å². The molecule has 0 aliphatic rings. The summed E-state index contributed by atoms with van der Waals surface area (Å²) in [4.78, 5) is 5.11. The smallest absolute Gasteiger partial charge is 0.384 e. The highest BCUT2D eigenvalue weighted by atomic mass is 19.4. The number of hydrogen-bond donors (Lipinski definition) is 2. The molecule has 0 spiro atoms. The van der Waals surface area contributed by atoms with E-state index < -0.39 is 11.9 Å². The SMILES string of the molecule is CN(c1cccc(C(=N)N)c1)c1cccc(C(F)(F)F)n1. The molecule has 0 amide bonds. The summed E-state index contributed by atoms with van der Waals surface area (Å²) in [6, 6.07) is 10.4. The molecule has 0 saturated heterocycles. The van der Waals surface area contributed by atoms with Crippen LogP contribution in [0.25, 0.3) is 0 Å². The van der Waals surface area contributed by atoms with Gasteiger partial charge in [-0.3, -0.25) is 5.41 Å². The number of aromatic nitrogens is 1. The fraction of sp³-hybridized carbons (Fsp3) is 0.143. The lowest BCUT2D eigenvalue weighted by molar-refractivity contribution is -0.141. The van der Waals surface area contributed by atoms with Gasteiger partial charge in [0.1, 0.15) is 17.3 Å². The number of hydrogen-bond acceptors (Lipinski definition) is 3. The minimum atomic E-state index is -4.49. The van der Waals surface area contributed by atoms with Crippen molar-refractivity contribution in [1.29, 1.82) is 5.41 Å². The van der Waals surface area contributed by atoms with Crippen molar-refractivity contribution in [3.8, 4) is 0 Å². The van der Waals surface area contributed by atoms with Gasteiger partial charge in [-0.05, 0) is 24.3 Å². The highest BCUT2D eigenvalue weighted by Gasteiger charge is 2.32. The van der Waals surface area contributed by atoms with Crippen LogP contribution in [-0.4, -0.2) is 17.9 Å². The first-order chi connectivity index (χ1) is 9.79. The minimum Gasteiger partial charge on any atom is -0.384 e. The van der Waals surface area contributed by atoms with Gasteiger partial charge in [0.15, 0.2) is 0 Å². The lowest BCUT2D eigenvalue weighted by atomic mass is 10.1. The molecule has 0 atom stereocenters. The van der Waals surface area contributed by atoms with Crippen molar-refractivity contribution in [2.24, 2.45) is 5.73 Å². The number of halogens is 3. The van der Waals surface area contributed by atoms with Gasteiger partial charge in [-0.1, -0.05) is 18.2 Å². The average Bonchev–Trinajstić information content (AvgIpc) is 2.46. The third-order valence-electron chi connectivity index (χ3n) is 2.91. The molecule has 110 valence electrons. The van der Waals surface area contributed by atoms with Gasteiger partial charge in [-0.15, -0.1) is 0 Å². The standard InChI is InChI=1S/C14H13F3N4/c1-21(10-5-2-4-9(8-10)13(18)19)12-7-3-6-11(20-12)14(15,16)17/h2-8H,1H3,(H3,18,19). The number of pyridine rings is 1. The number of nitrogens with one attached hydrogen (secondary N) is 1. The highest BCUT2D eigenvalue weighted by Crippen LogP contribution is 2.30. The molecule has 0 bridgehead atoms. The summed E-state index contributed by atoms with van der Waals surface area (Å²) < 4.78 is 38.0. The molecule has 4 nitrogen and oxygen atoms in total. The second kappa shape index (κ2) is 5.43. The molecule has 2 aromatic rings. The summed E-state index contributed by atoms with van der Waals surface area (Å²) in [7, 11) is 1.60. The Morgan fingerprint density at radius 2 is 1.86 bits per heavy atom. The molecule has 0 saturated carbocycles. The summed E-state index contributed by atoms with van der Waals surface area (Å²) >= 11 is 0. The molecule has 0 fully saturated rings. The second-order valence-electron chi connectivity index (χ2n) is 4.40. The highest BCUT2D eigenvalue weighted by molar-refractivity contribution is 5.96. The Balaban J connectivity index is 2.38. The van der Waals surface area contributed by atoms with Crippen molar-refractivity contribution in [1.82, 2.24) is 4.98 Å². The molecule has 1 aromatic heterocycles. The molecule has 1 heterocycles. The van der Waals surface area contributed by atoms with Gasteiger partial charge in [-0.2, -0.15) is 13.2 Å². The number of benzene rings is 1. The number of alkyl halides is 3. The van der Waals surface area contributed by atoms with Crippen LogP contribution in [0.1, 0.15) is 11.3 Å². The quantitative estimate of drug-likeness (QED) is 0.675. The number of nitrogens with two attached hydrogens (primary N) is 1. The third kappa shape index (κ3) is 3.31. The maximum Gasteiger partial charge on any atom is 0.433 e. The molecule has 2 rings (SSSR count). The van der Waals surface area contributed by atoms with Crippen molar-refractivity contribution in [3.05, 3.63) is 53.7 Å². The zero-order valence-corrected chi connectivity index (χ0v) is 11.1. The van der Waals surface area contributed by atoms with Crippen molar-refractivity contribution in [2.75, 3.05) is 11.9 Å². The Hall–Kier alpha value is -2.57. The molecule has 0 aliphatic heterocycles. The maximum atomic E-state index is 12.7. The van der Waals surface area contributed by atoms with Crippen LogP contribution in [0.2, 0.25) is 0 Å². The molecule has 0 radical (unpaired) electrons. The van der Waals surface area contributed by atoms with E-state index in [1.807, 2.05) is 0 Å². The summed E-state index contributed by atoms with van der Waals surface area (Å²) in [5.74, 6) is 0.0489. The van der Waals surface area contributed by atoms with Crippen LogP contribution in [0.5, 0.6) is 0 Å². The maximum absolute atomic E-state index is 12.7. The zero-order chi connectivity index (χ0) is 15.6. The lowest BCUT2D eigenvalue weighted by Gasteiger charge is -2.20. The molecule has 0 unspecified atom stereocenters. The lowest BCUT2D eigenvalue weighted by Crippen LogP contribution is -2.16. The number of amidine groups is 1. The average molecular weight is 294 g/mol. The van der Waals surface area contributed by atoms with Crippen molar-refractivity contribution in [3.63, 3.8) is 0 Å². The summed E-state index contributed by atoms with van der Waals surface area (Å²) in [5.41, 5.74) is 5.54. The van der Waals surface area contributed by atoms with Gasteiger partial charge in [0.25, 0.3) is 0 Å². The summed E-state index contributed by atoms with van der Waals surface area (Å²) in [6.45, 7) is 0. The topological polar surface area (TPSA) is 66.0 Å². The first-order valence-electron chi connectivity index (χ1n) is 6.01. The Morgan fingerprint density at radius 1 is 1.19 bits per heavy atom. The Kier molecular flexibility index (Phi) is 3.84. The molecule has 21 heavy (non-hydrogen) atoms. The van der Waals surface area contributed by atoms with Crippen LogP contribution >= 0.6 is 0 Å². The van der Waals surface area contributed by atoms with E-state index in [1.165, 1.54) is 17.0 Å². The normalized spacial score (nSPS) is 11.2. The molecular formula is C14H13F3N4. The summed E-state index contributed by atoms with van der Waals surface area (Å²) in [5, 5.41) is 7.39. The van der Waals surface area contributed by atoms with Crippen LogP contribution in [0, 0.1) is 5.41 Å². The number of nitrogens with zero attached hydrogens (tertiary/aromatic N) is 2. The van der Waals surface area contributed by atoms with E-state index in [0.717, 1.165) is 6.07 Å². The molecule has 7 heteroatoms. The van der Waals surface area contributed by atoms with Crippen LogP contribution in [-0.2, 0) is 6.18 Å². The van der Waals surface area contributed by atoms with Crippen LogP contribution < -0.4 is 10.6 Å². The van der Waals surface area contributed by atoms with E-state index in [4.69, 9.17) is 11.1 Å². The van der Waals surface area contributed by atoms with Gasteiger partial charge in [0, 0.05) is 18.3 Å². The number of nitrogen functional groups attached to an aromatic ring is 1.